The normalized spacial score (nSPS) is 14.1. The first-order valence-electron chi connectivity index (χ1n) is 4.54. The third kappa shape index (κ3) is 2.77. The SMILES string of the molecule is Cc1n[nH]c(C)c1S(=O)(=O)NC[C@@H](C)O. The molecule has 0 radical (unpaired) electrons. The summed E-state index contributed by atoms with van der Waals surface area (Å²) in [5, 5.41) is 15.4. The zero-order chi connectivity index (χ0) is 11.6. The minimum Gasteiger partial charge on any atom is -0.392 e. The van der Waals surface area contributed by atoms with Crippen molar-refractivity contribution in [3.05, 3.63) is 11.4 Å². The van der Waals surface area contributed by atoms with Gasteiger partial charge in [0, 0.05) is 6.54 Å². The highest BCUT2D eigenvalue weighted by molar-refractivity contribution is 7.89. The summed E-state index contributed by atoms with van der Waals surface area (Å²) in [6.45, 7) is 4.75. The number of aliphatic hydroxyl groups is 1. The van der Waals surface area contributed by atoms with Gasteiger partial charge in [-0.1, -0.05) is 0 Å². The third-order valence-electron chi connectivity index (χ3n) is 1.90. The maximum atomic E-state index is 11.8. The molecule has 15 heavy (non-hydrogen) atoms. The van der Waals surface area contributed by atoms with Crippen LogP contribution in [0.15, 0.2) is 4.90 Å². The van der Waals surface area contributed by atoms with E-state index in [1.165, 1.54) is 6.92 Å². The van der Waals surface area contributed by atoms with Crippen LogP contribution in [0.25, 0.3) is 0 Å². The van der Waals surface area contributed by atoms with Crippen molar-refractivity contribution in [1.82, 2.24) is 14.9 Å². The molecule has 0 saturated heterocycles. The lowest BCUT2D eigenvalue weighted by atomic mass is 10.4. The lowest BCUT2D eigenvalue weighted by molar-refractivity contribution is 0.198. The van der Waals surface area contributed by atoms with Gasteiger partial charge in [0.05, 0.1) is 17.5 Å². The molecule has 0 bridgehead atoms. The first-order valence-corrected chi connectivity index (χ1v) is 6.02. The first kappa shape index (κ1) is 12.2. The minimum atomic E-state index is -3.58. The Morgan fingerprint density at radius 1 is 1.53 bits per heavy atom. The van der Waals surface area contributed by atoms with Gasteiger partial charge in [0.15, 0.2) is 0 Å². The fraction of sp³-hybridized carbons (Fsp3) is 0.625. The molecule has 1 heterocycles. The molecular formula is C8H15N3O3S. The maximum Gasteiger partial charge on any atom is 0.244 e. The fourth-order valence-corrected chi connectivity index (χ4v) is 2.73. The Hall–Kier alpha value is -0.920. The van der Waals surface area contributed by atoms with Crippen molar-refractivity contribution in [2.24, 2.45) is 0 Å². The molecule has 1 rings (SSSR count). The van der Waals surface area contributed by atoms with E-state index in [0.717, 1.165) is 0 Å². The summed E-state index contributed by atoms with van der Waals surface area (Å²) in [5.41, 5.74) is 0.913. The van der Waals surface area contributed by atoms with Crippen LogP contribution >= 0.6 is 0 Å². The summed E-state index contributed by atoms with van der Waals surface area (Å²) in [6.07, 6.45) is -0.715. The molecule has 3 N–H and O–H groups in total. The van der Waals surface area contributed by atoms with Gasteiger partial charge in [-0.3, -0.25) is 5.10 Å². The van der Waals surface area contributed by atoms with E-state index in [2.05, 4.69) is 14.9 Å². The number of nitrogens with one attached hydrogen (secondary N) is 2. The van der Waals surface area contributed by atoms with Crippen LogP contribution in [0.3, 0.4) is 0 Å². The highest BCUT2D eigenvalue weighted by Gasteiger charge is 2.21. The van der Waals surface area contributed by atoms with E-state index in [1.807, 2.05) is 0 Å². The standard InChI is InChI=1S/C8H15N3O3S/c1-5(12)4-9-15(13,14)8-6(2)10-11-7(8)3/h5,9,12H,4H2,1-3H3,(H,10,11)/t5-/m1/s1. The highest BCUT2D eigenvalue weighted by Crippen LogP contribution is 2.15. The molecule has 0 aliphatic carbocycles. The predicted octanol–water partition coefficient (Wildman–Crippen LogP) is -0.314. The molecular weight excluding hydrogens is 218 g/mol. The molecule has 0 unspecified atom stereocenters. The Morgan fingerprint density at radius 2 is 2.13 bits per heavy atom. The number of aromatic nitrogens is 2. The molecule has 0 fully saturated rings. The maximum absolute atomic E-state index is 11.8. The van der Waals surface area contributed by atoms with Gasteiger partial charge in [-0.2, -0.15) is 5.10 Å². The van der Waals surface area contributed by atoms with Gasteiger partial charge in [0.2, 0.25) is 10.0 Å². The molecule has 1 aromatic rings. The van der Waals surface area contributed by atoms with E-state index in [-0.39, 0.29) is 11.4 Å². The zero-order valence-corrected chi connectivity index (χ0v) is 9.72. The average Bonchev–Trinajstić information content (AvgIpc) is 2.43. The quantitative estimate of drug-likeness (QED) is 0.664. The van der Waals surface area contributed by atoms with Gasteiger partial charge in [-0.05, 0) is 20.8 Å². The second-order valence-electron chi connectivity index (χ2n) is 3.46. The first-order chi connectivity index (χ1) is 6.84. The van der Waals surface area contributed by atoms with E-state index < -0.39 is 16.1 Å². The van der Waals surface area contributed by atoms with Crippen LogP contribution in [0.1, 0.15) is 18.3 Å². The minimum absolute atomic E-state index is 0.00755. The monoisotopic (exact) mass is 233 g/mol. The second-order valence-corrected chi connectivity index (χ2v) is 5.17. The summed E-state index contributed by atoms with van der Waals surface area (Å²) < 4.78 is 25.8. The van der Waals surface area contributed by atoms with Gasteiger partial charge in [-0.15, -0.1) is 0 Å². The number of aliphatic hydroxyl groups excluding tert-OH is 1. The number of hydrogen-bond donors (Lipinski definition) is 3. The molecule has 7 heteroatoms. The molecule has 0 aromatic carbocycles. The van der Waals surface area contributed by atoms with Crippen molar-refractivity contribution < 1.29 is 13.5 Å². The molecule has 0 spiro atoms. The Balaban J connectivity index is 2.96. The van der Waals surface area contributed by atoms with E-state index in [4.69, 9.17) is 5.11 Å². The Morgan fingerprint density at radius 3 is 2.53 bits per heavy atom. The van der Waals surface area contributed by atoms with Gasteiger partial charge in [-0.25, -0.2) is 13.1 Å². The lowest BCUT2D eigenvalue weighted by Gasteiger charge is -2.08. The summed E-state index contributed by atoms with van der Waals surface area (Å²) in [5.74, 6) is 0. The molecule has 86 valence electrons. The molecule has 0 aliphatic heterocycles. The summed E-state index contributed by atoms with van der Waals surface area (Å²) in [6, 6.07) is 0. The van der Waals surface area contributed by atoms with Crippen LogP contribution in [0.4, 0.5) is 0 Å². The topological polar surface area (TPSA) is 95.1 Å². The number of aryl methyl sites for hydroxylation is 2. The Kier molecular flexibility index (Phi) is 3.48. The van der Waals surface area contributed by atoms with Crippen LogP contribution in [0, 0.1) is 13.8 Å². The highest BCUT2D eigenvalue weighted by atomic mass is 32.2. The van der Waals surface area contributed by atoms with Crippen LogP contribution in [0.2, 0.25) is 0 Å². The van der Waals surface area contributed by atoms with E-state index in [0.29, 0.717) is 11.4 Å². The number of rotatable bonds is 4. The molecule has 0 aliphatic rings. The second kappa shape index (κ2) is 4.30. The fourth-order valence-electron chi connectivity index (χ4n) is 1.24. The van der Waals surface area contributed by atoms with E-state index in [9.17, 15) is 8.42 Å². The molecule has 0 amide bonds. The third-order valence-corrected chi connectivity index (χ3v) is 3.58. The van der Waals surface area contributed by atoms with Gasteiger partial charge >= 0.3 is 0 Å². The smallest absolute Gasteiger partial charge is 0.244 e. The zero-order valence-electron chi connectivity index (χ0n) is 8.90. The van der Waals surface area contributed by atoms with Crippen LogP contribution in [-0.4, -0.2) is 36.4 Å². The van der Waals surface area contributed by atoms with Crippen molar-refractivity contribution in [2.75, 3.05) is 6.54 Å². The van der Waals surface area contributed by atoms with Crippen molar-refractivity contribution in [2.45, 2.75) is 31.8 Å². The summed E-state index contributed by atoms with van der Waals surface area (Å²) >= 11 is 0. The number of aromatic amines is 1. The lowest BCUT2D eigenvalue weighted by Crippen LogP contribution is -2.31. The predicted molar refractivity (Wildman–Crippen MR) is 54.9 cm³/mol. The van der Waals surface area contributed by atoms with E-state index >= 15 is 0 Å². The molecule has 0 saturated carbocycles. The van der Waals surface area contributed by atoms with Crippen LogP contribution in [-0.2, 0) is 10.0 Å². The molecule has 1 atom stereocenters. The number of hydrogen-bond acceptors (Lipinski definition) is 4. The summed E-state index contributed by atoms with van der Waals surface area (Å²) in [4.78, 5) is 0.156. The van der Waals surface area contributed by atoms with Gasteiger partial charge in [0.25, 0.3) is 0 Å². The van der Waals surface area contributed by atoms with Crippen molar-refractivity contribution in [3.8, 4) is 0 Å². The Bertz CT molecular complexity index is 416. The largest absolute Gasteiger partial charge is 0.392 e. The van der Waals surface area contributed by atoms with Crippen LogP contribution < -0.4 is 4.72 Å². The van der Waals surface area contributed by atoms with Crippen molar-refractivity contribution >= 4 is 10.0 Å². The van der Waals surface area contributed by atoms with Gasteiger partial charge in [0.1, 0.15) is 4.90 Å². The average molecular weight is 233 g/mol. The van der Waals surface area contributed by atoms with Crippen LogP contribution in [0.5, 0.6) is 0 Å². The number of nitrogens with zero attached hydrogens (tertiary/aromatic N) is 1. The summed E-state index contributed by atoms with van der Waals surface area (Å²) in [7, 11) is -3.58. The number of H-pyrrole nitrogens is 1. The van der Waals surface area contributed by atoms with Gasteiger partial charge < -0.3 is 5.11 Å². The molecule has 6 nitrogen and oxygen atoms in total. The van der Waals surface area contributed by atoms with Crippen molar-refractivity contribution in [1.29, 1.82) is 0 Å². The number of sulfonamides is 1. The van der Waals surface area contributed by atoms with E-state index in [1.54, 1.807) is 13.8 Å². The molecule has 1 aromatic heterocycles. The Labute approximate surface area is 88.8 Å². The van der Waals surface area contributed by atoms with Crippen molar-refractivity contribution in [3.63, 3.8) is 0 Å².